The van der Waals surface area contributed by atoms with Crippen molar-refractivity contribution < 1.29 is 71.2 Å². The van der Waals surface area contributed by atoms with Gasteiger partial charge in [-0.1, -0.05) is 48.5 Å². The first kappa shape index (κ1) is 38.9. The molecule has 6 aromatic rings. The highest BCUT2D eigenvalue weighted by molar-refractivity contribution is 7.59. The van der Waals surface area contributed by atoms with Crippen LogP contribution in [0.4, 0.5) is 52.7 Å². The fraction of sp³-hybridized carbons (Fsp3) is 0.111. The lowest BCUT2D eigenvalue weighted by molar-refractivity contribution is -0.144. The van der Waals surface area contributed by atoms with E-state index in [1.807, 2.05) is 0 Å². The summed E-state index contributed by atoms with van der Waals surface area (Å²) in [4.78, 5) is 11.1. The third-order valence-electron chi connectivity index (χ3n) is 8.46. The minimum atomic E-state index is -5.61. The van der Waals surface area contributed by atoms with E-state index < -0.39 is 88.5 Å². The molecule has 54 heavy (non-hydrogen) atoms. The van der Waals surface area contributed by atoms with Crippen molar-refractivity contribution in [2.45, 2.75) is 24.7 Å². The smallest absolute Gasteiger partial charge is 0.394 e. The molecule has 1 N–H and O–H groups in total. The van der Waals surface area contributed by atoms with Gasteiger partial charge in [-0.3, -0.25) is 4.89 Å². The van der Waals surface area contributed by atoms with Crippen molar-refractivity contribution in [1.82, 2.24) is 0 Å². The molecule has 18 heteroatoms. The zero-order chi connectivity index (χ0) is 38.5. The molecule has 0 saturated heterocycles. The molecule has 4 nitrogen and oxygen atoms in total. The SMILES string of the molecule is O=P1(O)Oc2c(-c3cc(C(F)(F)F)cc(C(F)(F)F)c3)cc3ccccc3c2-c2c(c(-c3cc(C(F)(F)F)cc(C(F)(F)F)c3)cc3ccccc23)O1.S. The highest BCUT2D eigenvalue weighted by atomic mass is 32.1. The monoisotopic (exact) mass is 806 g/mol. The lowest BCUT2D eigenvalue weighted by atomic mass is 9.85. The van der Waals surface area contributed by atoms with Gasteiger partial charge in [-0.25, -0.2) is 4.57 Å². The van der Waals surface area contributed by atoms with Gasteiger partial charge < -0.3 is 9.05 Å². The van der Waals surface area contributed by atoms with E-state index in [0.717, 1.165) is 12.1 Å². The Bertz CT molecular complexity index is 2290. The maximum Gasteiger partial charge on any atom is 0.584 e. The highest BCUT2D eigenvalue weighted by Gasteiger charge is 2.42. The van der Waals surface area contributed by atoms with Crippen LogP contribution in [0.3, 0.4) is 0 Å². The van der Waals surface area contributed by atoms with E-state index in [1.165, 1.54) is 48.5 Å². The molecule has 0 fully saturated rings. The van der Waals surface area contributed by atoms with Gasteiger partial charge in [0.25, 0.3) is 0 Å². The molecular formula is C36H19F12O4PS. The van der Waals surface area contributed by atoms with E-state index >= 15 is 0 Å². The molecule has 282 valence electrons. The van der Waals surface area contributed by atoms with Crippen molar-refractivity contribution >= 4 is 42.9 Å². The standard InChI is InChI=1S/C36H17F12O4P.H2S/c37-33(38,39)21-9-19(10-22(15-21)34(40,41)42)27-13-17-5-1-3-7-25(17)29-30-26-8-4-2-6-18(26)14-28(32(30)52-53(49,50)51-31(27)29)20-11-23(35(43,44)45)16-24(12-20)36(46,47)48;/h1-16H,(H,49,50);1H2. The van der Waals surface area contributed by atoms with Crippen molar-refractivity contribution in [3.8, 4) is 44.9 Å². The maximum absolute atomic E-state index is 14.0. The van der Waals surface area contributed by atoms with E-state index in [4.69, 9.17) is 9.05 Å². The molecule has 0 radical (unpaired) electrons. The first-order chi connectivity index (χ1) is 24.5. The molecule has 0 aliphatic carbocycles. The summed E-state index contributed by atoms with van der Waals surface area (Å²) in [6, 6.07) is 15.0. The molecule has 1 heterocycles. The lowest BCUT2D eigenvalue weighted by Gasteiger charge is -2.20. The molecular weight excluding hydrogens is 787 g/mol. The van der Waals surface area contributed by atoms with Gasteiger partial charge in [0.1, 0.15) is 11.5 Å². The van der Waals surface area contributed by atoms with Gasteiger partial charge in [0, 0.05) is 22.3 Å². The zero-order valence-electron chi connectivity index (χ0n) is 26.4. The van der Waals surface area contributed by atoms with Gasteiger partial charge in [-0.15, -0.1) is 0 Å². The Kier molecular flexibility index (Phi) is 9.27. The average Bonchev–Trinajstić information content (AvgIpc) is 3.18. The summed E-state index contributed by atoms with van der Waals surface area (Å²) in [5, 5.41) is 0.514. The Morgan fingerprint density at radius 3 is 1.06 bits per heavy atom. The van der Waals surface area contributed by atoms with E-state index in [0.29, 0.717) is 24.3 Å². The van der Waals surface area contributed by atoms with Gasteiger partial charge in [-0.2, -0.15) is 66.2 Å². The number of phosphoric acid groups is 1. The fourth-order valence-electron chi connectivity index (χ4n) is 6.24. The summed E-state index contributed by atoms with van der Waals surface area (Å²) >= 11 is 0. The van der Waals surface area contributed by atoms with Crippen molar-refractivity contribution in [2.75, 3.05) is 0 Å². The van der Waals surface area contributed by atoms with Crippen LogP contribution in [0.2, 0.25) is 0 Å². The first-order valence-corrected chi connectivity index (χ1v) is 16.4. The second-order valence-corrected chi connectivity index (χ2v) is 13.2. The van der Waals surface area contributed by atoms with Gasteiger partial charge in [0.2, 0.25) is 0 Å². The van der Waals surface area contributed by atoms with E-state index in [-0.39, 0.29) is 58.3 Å². The summed E-state index contributed by atoms with van der Waals surface area (Å²) in [7, 11) is -5.61. The second-order valence-electron chi connectivity index (χ2n) is 11.9. The second kappa shape index (κ2) is 12.9. The number of hydrogen-bond acceptors (Lipinski definition) is 3. The third-order valence-corrected chi connectivity index (χ3v) is 9.29. The molecule has 0 saturated carbocycles. The summed E-state index contributed by atoms with van der Waals surface area (Å²) in [6.07, 6.45) is -21.2. The summed E-state index contributed by atoms with van der Waals surface area (Å²) < 4.78 is 192. The highest BCUT2D eigenvalue weighted by Crippen LogP contribution is 2.62. The molecule has 0 aromatic heterocycles. The minimum absolute atomic E-state index is 0. The Hall–Kier alpha value is -4.86. The maximum atomic E-state index is 14.0. The molecule has 0 spiro atoms. The molecule has 1 aliphatic heterocycles. The number of benzene rings is 6. The van der Waals surface area contributed by atoms with Crippen LogP contribution >= 0.6 is 21.3 Å². The molecule has 7 rings (SSSR count). The van der Waals surface area contributed by atoms with Gasteiger partial charge >= 0.3 is 32.5 Å². The number of phosphoric ester groups is 1. The van der Waals surface area contributed by atoms with Crippen molar-refractivity contribution in [2.24, 2.45) is 0 Å². The quantitative estimate of drug-likeness (QED) is 0.140. The van der Waals surface area contributed by atoms with Crippen LogP contribution in [-0.4, -0.2) is 4.89 Å². The van der Waals surface area contributed by atoms with E-state index in [9.17, 15) is 62.1 Å². The summed E-state index contributed by atoms with van der Waals surface area (Å²) in [5.74, 6) is -1.49. The van der Waals surface area contributed by atoms with E-state index in [2.05, 4.69) is 0 Å². The summed E-state index contributed by atoms with van der Waals surface area (Å²) in [6.45, 7) is 0. The molecule has 0 amide bonds. The lowest BCUT2D eigenvalue weighted by Crippen LogP contribution is -2.11. The van der Waals surface area contributed by atoms with Crippen LogP contribution < -0.4 is 9.05 Å². The topological polar surface area (TPSA) is 55.8 Å². The predicted molar refractivity (Wildman–Crippen MR) is 179 cm³/mol. The average molecular weight is 807 g/mol. The predicted octanol–water partition coefficient (Wildman–Crippen LogP) is 13.1. The minimum Gasteiger partial charge on any atom is -0.394 e. The molecule has 1 aliphatic rings. The third kappa shape index (κ3) is 7.07. The van der Waals surface area contributed by atoms with Crippen LogP contribution in [0, 0.1) is 0 Å². The van der Waals surface area contributed by atoms with Crippen LogP contribution in [0.5, 0.6) is 11.5 Å². The molecule has 0 atom stereocenters. The van der Waals surface area contributed by atoms with E-state index in [1.54, 1.807) is 0 Å². The fourth-order valence-corrected chi connectivity index (χ4v) is 7.12. The van der Waals surface area contributed by atoms with Gasteiger partial charge in [0.15, 0.2) is 0 Å². The zero-order valence-corrected chi connectivity index (χ0v) is 28.3. The Morgan fingerprint density at radius 2 is 0.759 bits per heavy atom. The van der Waals surface area contributed by atoms with Gasteiger partial charge in [0.05, 0.1) is 22.3 Å². The van der Waals surface area contributed by atoms with Crippen LogP contribution in [0.25, 0.3) is 54.9 Å². The first-order valence-electron chi connectivity index (χ1n) is 14.9. The molecule has 0 unspecified atom stereocenters. The number of rotatable bonds is 2. The molecule has 6 aromatic carbocycles. The number of alkyl halides is 12. The van der Waals surface area contributed by atoms with Crippen LogP contribution in [-0.2, 0) is 29.3 Å². The number of halogens is 12. The Morgan fingerprint density at radius 1 is 0.463 bits per heavy atom. The number of hydrogen-bond donors (Lipinski definition) is 1. The van der Waals surface area contributed by atoms with Crippen LogP contribution in [0.15, 0.2) is 97.1 Å². The largest absolute Gasteiger partial charge is 0.584 e. The number of fused-ring (bicyclic) bond motifs is 7. The molecule has 0 bridgehead atoms. The Labute approximate surface area is 302 Å². The normalized spacial score (nSPS) is 14.4. The van der Waals surface area contributed by atoms with Crippen molar-refractivity contribution in [1.29, 1.82) is 0 Å². The van der Waals surface area contributed by atoms with Gasteiger partial charge in [-0.05, 0) is 81.2 Å². The van der Waals surface area contributed by atoms with Crippen molar-refractivity contribution in [3.05, 3.63) is 119 Å². The summed E-state index contributed by atoms with van der Waals surface area (Å²) in [5.41, 5.74) is -10.0. The van der Waals surface area contributed by atoms with Crippen molar-refractivity contribution in [3.63, 3.8) is 0 Å². The van der Waals surface area contributed by atoms with Crippen LogP contribution in [0.1, 0.15) is 22.3 Å². The Balaban J connectivity index is 0.00000497.